The Kier molecular flexibility index (Phi) is 7.86. The summed E-state index contributed by atoms with van der Waals surface area (Å²) in [6.07, 6.45) is 3.96. The summed E-state index contributed by atoms with van der Waals surface area (Å²) in [7, 11) is -3.56. The number of carbonyl (C=O) groups excluding carboxylic acids is 1. The lowest BCUT2D eigenvalue weighted by Crippen LogP contribution is -2.38. The first-order valence-electron chi connectivity index (χ1n) is 9.16. The normalized spacial score (nSPS) is 15.3. The Balaban J connectivity index is 1.84. The molecule has 0 spiro atoms. The molecule has 0 atom stereocenters. The van der Waals surface area contributed by atoms with Gasteiger partial charge in [0, 0.05) is 31.9 Å². The molecule has 26 heavy (non-hydrogen) atoms. The third-order valence-corrected chi connectivity index (χ3v) is 5.60. The van der Waals surface area contributed by atoms with Crippen LogP contribution in [0.5, 0.6) is 0 Å². The summed E-state index contributed by atoms with van der Waals surface area (Å²) in [5.74, 6) is 0. The minimum atomic E-state index is -3.56. The zero-order valence-electron chi connectivity index (χ0n) is 15.5. The molecule has 1 aromatic carbocycles. The van der Waals surface area contributed by atoms with E-state index in [2.05, 4.69) is 10.0 Å². The van der Waals surface area contributed by atoms with E-state index in [1.54, 1.807) is 17.0 Å². The quantitative estimate of drug-likeness (QED) is 0.676. The van der Waals surface area contributed by atoms with Crippen LogP contribution < -0.4 is 10.0 Å². The molecule has 2 amide bonds. The van der Waals surface area contributed by atoms with Crippen LogP contribution in [0.4, 0.5) is 10.5 Å². The Labute approximate surface area is 156 Å². The monoisotopic (exact) mass is 383 g/mol. The van der Waals surface area contributed by atoms with Crippen LogP contribution in [-0.2, 0) is 14.8 Å². The van der Waals surface area contributed by atoms with Gasteiger partial charge in [-0.2, -0.15) is 0 Å². The van der Waals surface area contributed by atoms with E-state index >= 15 is 0 Å². The van der Waals surface area contributed by atoms with Gasteiger partial charge in [-0.25, -0.2) is 17.9 Å². The van der Waals surface area contributed by atoms with E-state index in [1.165, 1.54) is 12.1 Å². The van der Waals surface area contributed by atoms with E-state index in [0.717, 1.165) is 32.4 Å². The number of piperidine rings is 1. The fraction of sp³-hybridized carbons (Fsp3) is 0.611. The summed E-state index contributed by atoms with van der Waals surface area (Å²) in [6.45, 7) is 6.25. The Morgan fingerprint density at radius 3 is 2.42 bits per heavy atom. The maximum atomic E-state index is 12.3. The van der Waals surface area contributed by atoms with E-state index in [1.807, 2.05) is 13.8 Å². The van der Waals surface area contributed by atoms with Crippen molar-refractivity contribution in [3.8, 4) is 0 Å². The summed E-state index contributed by atoms with van der Waals surface area (Å²) in [4.78, 5) is 14.1. The molecule has 1 saturated heterocycles. The van der Waals surface area contributed by atoms with Gasteiger partial charge in [-0.15, -0.1) is 0 Å². The first kappa shape index (κ1) is 20.7. The summed E-state index contributed by atoms with van der Waals surface area (Å²) < 4.78 is 32.5. The van der Waals surface area contributed by atoms with Gasteiger partial charge >= 0.3 is 6.03 Å². The fourth-order valence-corrected chi connectivity index (χ4v) is 3.77. The van der Waals surface area contributed by atoms with Crippen LogP contribution in [0.3, 0.4) is 0 Å². The Morgan fingerprint density at radius 1 is 1.15 bits per heavy atom. The molecular weight excluding hydrogens is 354 g/mol. The van der Waals surface area contributed by atoms with E-state index in [4.69, 9.17) is 4.74 Å². The average molecular weight is 384 g/mol. The number of carbonyl (C=O) groups is 1. The third kappa shape index (κ3) is 6.59. The number of hydrogen-bond donors (Lipinski definition) is 2. The highest BCUT2D eigenvalue weighted by Crippen LogP contribution is 2.16. The van der Waals surface area contributed by atoms with Gasteiger partial charge in [-0.05, 0) is 63.8 Å². The van der Waals surface area contributed by atoms with Crippen LogP contribution in [0.2, 0.25) is 0 Å². The number of anilines is 1. The highest BCUT2D eigenvalue weighted by molar-refractivity contribution is 7.89. The van der Waals surface area contributed by atoms with Gasteiger partial charge in [0.2, 0.25) is 10.0 Å². The van der Waals surface area contributed by atoms with E-state index in [-0.39, 0.29) is 17.0 Å². The Bertz CT molecular complexity index is 668. The molecule has 146 valence electrons. The first-order chi connectivity index (χ1) is 12.4. The lowest BCUT2D eigenvalue weighted by atomic mass is 10.1. The van der Waals surface area contributed by atoms with Gasteiger partial charge in [0.1, 0.15) is 0 Å². The maximum Gasteiger partial charge on any atom is 0.321 e. The van der Waals surface area contributed by atoms with Crippen molar-refractivity contribution < 1.29 is 17.9 Å². The van der Waals surface area contributed by atoms with Gasteiger partial charge in [0.15, 0.2) is 0 Å². The van der Waals surface area contributed by atoms with Crippen molar-refractivity contribution in [1.29, 1.82) is 0 Å². The molecule has 1 aliphatic heterocycles. The van der Waals surface area contributed by atoms with Crippen molar-refractivity contribution in [2.45, 2.75) is 50.5 Å². The molecule has 0 bridgehead atoms. The number of sulfonamides is 1. The van der Waals surface area contributed by atoms with E-state index < -0.39 is 10.0 Å². The minimum Gasteiger partial charge on any atom is -0.379 e. The average Bonchev–Trinajstić information content (AvgIpc) is 2.62. The molecule has 1 fully saturated rings. The number of hydrogen-bond acceptors (Lipinski definition) is 4. The van der Waals surface area contributed by atoms with Crippen molar-refractivity contribution in [3.05, 3.63) is 24.3 Å². The number of nitrogens with one attached hydrogen (secondary N) is 2. The van der Waals surface area contributed by atoms with Gasteiger partial charge in [0.05, 0.1) is 11.0 Å². The van der Waals surface area contributed by atoms with Crippen molar-refractivity contribution in [3.63, 3.8) is 0 Å². The Morgan fingerprint density at radius 2 is 1.81 bits per heavy atom. The zero-order chi connectivity index (χ0) is 19.0. The van der Waals surface area contributed by atoms with Gasteiger partial charge < -0.3 is 15.0 Å². The molecule has 0 unspecified atom stereocenters. The van der Waals surface area contributed by atoms with Crippen molar-refractivity contribution in [1.82, 2.24) is 9.62 Å². The molecule has 2 N–H and O–H groups in total. The summed E-state index contributed by atoms with van der Waals surface area (Å²) in [6, 6.07) is 6.08. The largest absolute Gasteiger partial charge is 0.379 e. The number of urea groups is 1. The molecule has 8 heteroatoms. The molecule has 0 saturated carbocycles. The van der Waals surface area contributed by atoms with Crippen LogP contribution in [-0.4, -0.2) is 51.7 Å². The third-order valence-electron chi connectivity index (χ3n) is 4.12. The SMILES string of the molecule is CC(C)OCCCNS(=O)(=O)c1ccc(NC(=O)N2CCCCC2)cc1. The molecule has 0 aromatic heterocycles. The smallest absolute Gasteiger partial charge is 0.321 e. The second-order valence-electron chi connectivity index (χ2n) is 6.67. The molecule has 1 aliphatic rings. The number of ether oxygens (including phenoxy) is 1. The molecule has 2 rings (SSSR count). The van der Waals surface area contributed by atoms with Crippen LogP contribution in [0.25, 0.3) is 0 Å². The van der Waals surface area contributed by atoms with Gasteiger partial charge in [-0.1, -0.05) is 0 Å². The zero-order valence-corrected chi connectivity index (χ0v) is 16.3. The Hall–Kier alpha value is -1.64. The number of rotatable bonds is 8. The first-order valence-corrected chi connectivity index (χ1v) is 10.6. The lowest BCUT2D eigenvalue weighted by molar-refractivity contribution is 0.0778. The maximum absolute atomic E-state index is 12.3. The summed E-state index contributed by atoms with van der Waals surface area (Å²) in [5.41, 5.74) is 0.588. The predicted octanol–water partition coefficient (Wildman–Crippen LogP) is 2.80. The highest BCUT2D eigenvalue weighted by Gasteiger charge is 2.17. The minimum absolute atomic E-state index is 0.136. The molecule has 7 nitrogen and oxygen atoms in total. The van der Waals surface area contributed by atoms with Gasteiger partial charge in [-0.3, -0.25) is 0 Å². The van der Waals surface area contributed by atoms with Crippen molar-refractivity contribution >= 4 is 21.7 Å². The number of likely N-dealkylation sites (tertiary alicyclic amines) is 1. The topological polar surface area (TPSA) is 87.7 Å². The molecule has 1 heterocycles. The van der Waals surface area contributed by atoms with Crippen LogP contribution >= 0.6 is 0 Å². The van der Waals surface area contributed by atoms with E-state index in [9.17, 15) is 13.2 Å². The van der Waals surface area contributed by atoms with Gasteiger partial charge in [0.25, 0.3) is 0 Å². The van der Waals surface area contributed by atoms with Crippen LogP contribution in [0.1, 0.15) is 39.5 Å². The van der Waals surface area contributed by atoms with Crippen molar-refractivity contribution in [2.24, 2.45) is 0 Å². The van der Waals surface area contributed by atoms with Crippen LogP contribution in [0, 0.1) is 0 Å². The summed E-state index contributed by atoms with van der Waals surface area (Å²) in [5, 5.41) is 2.82. The molecule has 1 aromatic rings. The van der Waals surface area contributed by atoms with Crippen LogP contribution in [0.15, 0.2) is 29.2 Å². The number of amides is 2. The second-order valence-corrected chi connectivity index (χ2v) is 8.44. The number of nitrogens with zero attached hydrogens (tertiary/aromatic N) is 1. The highest BCUT2D eigenvalue weighted by atomic mass is 32.2. The van der Waals surface area contributed by atoms with Crippen molar-refractivity contribution in [2.75, 3.05) is 31.6 Å². The molecular formula is C18H29N3O4S. The fourth-order valence-electron chi connectivity index (χ4n) is 2.70. The predicted molar refractivity (Wildman–Crippen MR) is 102 cm³/mol. The van der Waals surface area contributed by atoms with E-state index in [0.29, 0.717) is 25.3 Å². The standard InChI is InChI=1S/C18H29N3O4S/c1-15(2)25-14-6-11-19-26(23,24)17-9-7-16(8-10-17)20-18(22)21-12-4-3-5-13-21/h7-10,15,19H,3-6,11-14H2,1-2H3,(H,20,22). The molecule has 0 aliphatic carbocycles. The lowest BCUT2D eigenvalue weighted by Gasteiger charge is -2.26. The summed E-state index contributed by atoms with van der Waals surface area (Å²) >= 11 is 0. The second kappa shape index (κ2) is 9.89. The number of benzene rings is 1. The molecule has 0 radical (unpaired) electrons.